The molecule has 0 saturated carbocycles. The highest BCUT2D eigenvalue weighted by Gasteiger charge is 2.27. The number of anilines is 2. The molecule has 0 aliphatic heterocycles. The van der Waals surface area contributed by atoms with Crippen LogP contribution in [0, 0.1) is 5.82 Å². The molecule has 0 heterocycles. The average molecular weight is 527 g/mol. The summed E-state index contributed by atoms with van der Waals surface area (Å²) >= 11 is 12.1. The average Bonchev–Trinajstić information content (AvgIpc) is 2.78. The zero-order valence-electron chi connectivity index (χ0n) is 18.4. The van der Waals surface area contributed by atoms with Crippen LogP contribution in [0.5, 0.6) is 11.5 Å². The molecular formula is C23H21Cl2FN2O5S. The van der Waals surface area contributed by atoms with Gasteiger partial charge in [-0.3, -0.25) is 9.10 Å². The molecule has 1 N–H and O–H groups in total. The van der Waals surface area contributed by atoms with E-state index in [0.717, 1.165) is 10.6 Å². The van der Waals surface area contributed by atoms with Gasteiger partial charge in [-0.1, -0.05) is 41.4 Å². The van der Waals surface area contributed by atoms with Crippen LogP contribution in [0.1, 0.15) is 15.9 Å². The maximum Gasteiger partial charge on any atom is 0.257 e. The predicted molar refractivity (Wildman–Crippen MR) is 131 cm³/mol. The first kappa shape index (κ1) is 25.6. The predicted octanol–water partition coefficient (Wildman–Crippen LogP) is 5.37. The van der Waals surface area contributed by atoms with Crippen molar-refractivity contribution in [1.29, 1.82) is 0 Å². The second kappa shape index (κ2) is 10.5. The van der Waals surface area contributed by atoms with Crippen LogP contribution in [-0.2, 0) is 16.6 Å². The van der Waals surface area contributed by atoms with Crippen LogP contribution in [0.2, 0.25) is 10.0 Å². The molecule has 0 unspecified atom stereocenters. The minimum absolute atomic E-state index is 0.0361. The van der Waals surface area contributed by atoms with E-state index >= 15 is 0 Å². The van der Waals surface area contributed by atoms with Crippen molar-refractivity contribution < 1.29 is 27.1 Å². The molecule has 1 amide bonds. The summed E-state index contributed by atoms with van der Waals surface area (Å²) in [7, 11) is -1.22. The van der Waals surface area contributed by atoms with E-state index in [4.69, 9.17) is 32.7 Å². The van der Waals surface area contributed by atoms with Crippen molar-refractivity contribution in [2.75, 3.05) is 30.1 Å². The standard InChI is InChI=1S/C23H21Cl2FN2O5S/c1-32-21-11-16(23(29)27-19-9-8-15(24)10-17(19)25)20(12-22(21)33-2)28(34(3,30)31)13-14-6-4-5-7-18(14)26/h4-12H,13H2,1-3H3,(H,27,29). The maximum atomic E-state index is 14.4. The second-order valence-corrected chi connectivity index (χ2v) is 9.91. The van der Waals surface area contributed by atoms with Gasteiger partial charge in [0.1, 0.15) is 5.82 Å². The lowest BCUT2D eigenvalue weighted by molar-refractivity contribution is 0.102. The number of methoxy groups -OCH3 is 2. The third-order valence-corrected chi connectivity index (χ3v) is 6.54. The third kappa shape index (κ3) is 5.72. The molecule has 0 fully saturated rings. The lowest BCUT2D eigenvalue weighted by atomic mass is 10.1. The third-order valence-electron chi connectivity index (χ3n) is 4.87. The molecule has 34 heavy (non-hydrogen) atoms. The molecule has 180 valence electrons. The van der Waals surface area contributed by atoms with Gasteiger partial charge in [0.25, 0.3) is 5.91 Å². The van der Waals surface area contributed by atoms with Gasteiger partial charge in [0.05, 0.1) is 49.0 Å². The van der Waals surface area contributed by atoms with E-state index in [1.807, 2.05) is 0 Å². The van der Waals surface area contributed by atoms with E-state index in [2.05, 4.69) is 5.32 Å². The number of halogens is 3. The van der Waals surface area contributed by atoms with Crippen molar-refractivity contribution in [3.05, 3.63) is 81.6 Å². The number of carbonyl (C=O) groups excluding carboxylic acids is 1. The van der Waals surface area contributed by atoms with E-state index < -0.39 is 21.7 Å². The fourth-order valence-corrected chi connectivity index (χ4v) is 4.54. The van der Waals surface area contributed by atoms with Gasteiger partial charge in [-0.2, -0.15) is 0 Å². The van der Waals surface area contributed by atoms with E-state index in [0.29, 0.717) is 5.02 Å². The summed E-state index contributed by atoms with van der Waals surface area (Å²) in [5.74, 6) is -0.892. The number of hydrogen-bond donors (Lipinski definition) is 1. The van der Waals surface area contributed by atoms with Gasteiger partial charge in [-0.25, -0.2) is 12.8 Å². The first-order valence-electron chi connectivity index (χ1n) is 9.78. The fourth-order valence-electron chi connectivity index (χ4n) is 3.20. The first-order chi connectivity index (χ1) is 16.0. The largest absolute Gasteiger partial charge is 0.493 e. The van der Waals surface area contributed by atoms with Gasteiger partial charge in [0.15, 0.2) is 11.5 Å². The minimum atomic E-state index is -3.97. The van der Waals surface area contributed by atoms with Crippen molar-refractivity contribution in [2.24, 2.45) is 0 Å². The number of hydrogen-bond acceptors (Lipinski definition) is 5. The van der Waals surface area contributed by atoms with E-state index in [1.165, 1.54) is 56.7 Å². The molecule has 11 heteroatoms. The molecule has 0 radical (unpaired) electrons. The summed E-state index contributed by atoms with van der Waals surface area (Å²) < 4.78 is 51.5. The molecule has 0 aliphatic rings. The molecule has 0 spiro atoms. The van der Waals surface area contributed by atoms with Gasteiger partial charge in [0.2, 0.25) is 10.0 Å². The number of sulfonamides is 1. The smallest absolute Gasteiger partial charge is 0.257 e. The molecule has 0 aliphatic carbocycles. The Hall–Kier alpha value is -3.01. The van der Waals surface area contributed by atoms with Crippen LogP contribution in [-0.4, -0.2) is 34.8 Å². The van der Waals surface area contributed by atoms with Crippen LogP contribution in [0.25, 0.3) is 0 Å². The highest BCUT2D eigenvalue weighted by Crippen LogP contribution is 2.38. The Labute approximate surface area is 207 Å². The van der Waals surface area contributed by atoms with Crippen LogP contribution in [0.3, 0.4) is 0 Å². The molecule has 0 bridgehead atoms. The fraction of sp³-hybridized carbons (Fsp3) is 0.174. The number of benzene rings is 3. The SMILES string of the molecule is COc1cc(C(=O)Nc2ccc(Cl)cc2Cl)c(N(Cc2ccccc2F)S(C)(=O)=O)cc1OC. The number of rotatable bonds is 8. The molecule has 0 aromatic heterocycles. The normalized spacial score (nSPS) is 11.1. The van der Waals surface area contributed by atoms with Crippen molar-refractivity contribution in [2.45, 2.75) is 6.54 Å². The Morgan fingerprint density at radius 1 is 1.03 bits per heavy atom. The number of ether oxygens (including phenoxy) is 2. The molecule has 3 aromatic rings. The molecule has 3 aromatic carbocycles. The van der Waals surface area contributed by atoms with Crippen LogP contribution in [0.15, 0.2) is 54.6 Å². The quantitative estimate of drug-likeness (QED) is 0.426. The van der Waals surface area contributed by atoms with Crippen molar-refractivity contribution >= 4 is 50.5 Å². The zero-order valence-corrected chi connectivity index (χ0v) is 20.8. The Bertz CT molecular complexity index is 1330. The van der Waals surface area contributed by atoms with Crippen molar-refractivity contribution in [1.82, 2.24) is 0 Å². The molecule has 3 rings (SSSR count). The van der Waals surface area contributed by atoms with Gasteiger partial charge in [-0.15, -0.1) is 0 Å². The monoisotopic (exact) mass is 526 g/mol. The Morgan fingerprint density at radius 3 is 2.26 bits per heavy atom. The summed E-state index contributed by atoms with van der Waals surface area (Å²) in [6.07, 6.45) is 0.961. The molecular weight excluding hydrogens is 506 g/mol. The maximum absolute atomic E-state index is 14.4. The number of carbonyl (C=O) groups is 1. The molecule has 0 atom stereocenters. The molecule has 0 saturated heterocycles. The highest BCUT2D eigenvalue weighted by molar-refractivity contribution is 7.92. The summed E-state index contributed by atoms with van der Waals surface area (Å²) in [6, 6.07) is 13.0. The number of nitrogens with zero attached hydrogens (tertiary/aromatic N) is 1. The Kier molecular flexibility index (Phi) is 7.91. The van der Waals surface area contributed by atoms with E-state index in [-0.39, 0.29) is 45.6 Å². The highest BCUT2D eigenvalue weighted by atomic mass is 35.5. The lowest BCUT2D eigenvalue weighted by Crippen LogP contribution is -2.32. The van der Waals surface area contributed by atoms with Gasteiger partial charge in [0, 0.05) is 16.7 Å². The second-order valence-electron chi connectivity index (χ2n) is 7.16. The minimum Gasteiger partial charge on any atom is -0.493 e. The van der Waals surface area contributed by atoms with Crippen molar-refractivity contribution in [3.63, 3.8) is 0 Å². The Morgan fingerprint density at radius 2 is 1.68 bits per heavy atom. The van der Waals surface area contributed by atoms with Crippen LogP contribution in [0.4, 0.5) is 15.8 Å². The first-order valence-corrected chi connectivity index (χ1v) is 12.4. The topological polar surface area (TPSA) is 84.9 Å². The van der Waals surface area contributed by atoms with E-state index in [9.17, 15) is 17.6 Å². The molecule has 7 nitrogen and oxygen atoms in total. The lowest BCUT2D eigenvalue weighted by Gasteiger charge is -2.26. The summed E-state index contributed by atoms with van der Waals surface area (Å²) in [5.41, 5.74) is 0.281. The van der Waals surface area contributed by atoms with Gasteiger partial charge < -0.3 is 14.8 Å². The van der Waals surface area contributed by atoms with E-state index in [1.54, 1.807) is 12.1 Å². The summed E-state index contributed by atoms with van der Waals surface area (Å²) in [5, 5.41) is 3.21. The Balaban J connectivity index is 2.16. The van der Waals surface area contributed by atoms with Crippen LogP contribution >= 0.6 is 23.2 Å². The zero-order chi connectivity index (χ0) is 25.0. The van der Waals surface area contributed by atoms with Gasteiger partial charge >= 0.3 is 0 Å². The number of nitrogens with one attached hydrogen (secondary N) is 1. The summed E-state index contributed by atoms with van der Waals surface area (Å²) in [4.78, 5) is 13.3. The van der Waals surface area contributed by atoms with Crippen molar-refractivity contribution in [3.8, 4) is 11.5 Å². The number of amides is 1. The summed E-state index contributed by atoms with van der Waals surface area (Å²) in [6.45, 7) is -0.358. The van der Waals surface area contributed by atoms with Gasteiger partial charge in [-0.05, 0) is 30.3 Å². The van der Waals surface area contributed by atoms with Crippen LogP contribution < -0.4 is 19.1 Å².